The maximum absolute atomic E-state index is 13.2. The Balaban J connectivity index is 2.43. The van der Waals surface area contributed by atoms with Gasteiger partial charge < -0.3 is 14.6 Å². The van der Waals surface area contributed by atoms with Crippen molar-refractivity contribution in [3.05, 3.63) is 52.3 Å². The lowest BCUT2D eigenvalue weighted by molar-refractivity contribution is -0.383. The molecule has 0 radical (unpaired) electrons. The van der Waals surface area contributed by atoms with E-state index < -0.39 is 22.5 Å². The van der Waals surface area contributed by atoms with Crippen molar-refractivity contribution in [2.75, 3.05) is 18.5 Å². The summed E-state index contributed by atoms with van der Waals surface area (Å²) in [5, 5.41) is 22.3. The SMILES string of the molecule is CC(C)(C)OCCOc1cc(NC(=O)O)c([N+](=O)[O-])cc1-c1ccc(F)cc1. The molecule has 0 bridgehead atoms. The molecule has 2 N–H and O–H groups in total. The predicted molar refractivity (Wildman–Crippen MR) is 101 cm³/mol. The lowest BCUT2D eigenvalue weighted by Gasteiger charge is -2.20. The van der Waals surface area contributed by atoms with Crippen LogP contribution in [0.15, 0.2) is 36.4 Å². The highest BCUT2D eigenvalue weighted by atomic mass is 19.1. The van der Waals surface area contributed by atoms with E-state index in [1.54, 1.807) is 0 Å². The van der Waals surface area contributed by atoms with Gasteiger partial charge in [0.25, 0.3) is 5.69 Å². The van der Waals surface area contributed by atoms with Crippen LogP contribution < -0.4 is 10.1 Å². The van der Waals surface area contributed by atoms with Gasteiger partial charge in [0.1, 0.15) is 23.9 Å². The average Bonchev–Trinajstić information content (AvgIpc) is 2.58. The van der Waals surface area contributed by atoms with Gasteiger partial charge in [-0.15, -0.1) is 0 Å². The Morgan fingerprint density at radius 3 is 2.39 bits per heavy atom. The molecule has 2 rings (SSSR count). The van der Waals surface area contributed by atoms with Crippen LogP contribution >= 0.6 is 0 Å². The first kappa shape index (κ1) is 21.1. The lowest BCUT2D eigenvalue weighted by Crippen LogP contribution is -2.22. The number of carboxylic acid groups (broad SMARTS) is 1. The number of hydrogen-bond acceptors (Lipinski definition) is 5. The Kier molecular flexibility index (Phi) is 6.53. The van der Waals surface area contributed by atoms with Crippen molar-refractivity contribution in [3.8, 4) is 16.9 Å². The van der Waals surface area contributed by atoms with E-state index in [2.05, 4.69) is 0 Å². The standard InChI is InChI=1S/C19H21FN2O6/c1-19(2,3)28-9-8-27-17-11-15(21-18(23)24)16(22(25)26)10-14(17)12-4-6-13(20)7-5-12/h4-7,10-11,21H,8-9H2,1-3H3,(H,23,24). The van der Waals surface area contributed by atoms with E-state index in [9.17, 15) is 19.3 Å². The zero-order chi connectivity index (χ0) is 20.9. The highest BCUT2D eigenvalue weighted by Gasteiger charge is 2.22. The van der Waals surface area contributed by atoms with Gasteiger partial charge in [-0.25, -0.2) is 9.18 Å². The first-order valence-electron chi connectivity index (χ1n) is 8.42. The minimum Gasteiger partial charge on any atom is -0.490 e. The van der Waals surface area contributed by atoms with Crippen molar-refractivity contribution in [1.29, 1.82) is 0 Å². The number of rotatable bonds is 7. The van der Waals surface area contributed by atoms with Crippen LogP contribution in [0.2, 0.25) is 0 Å². The molecule has 28 heavy (non-hydrogen) atoms. The summed E-state index contributed by atoms with van der Waals surface area (Å²) in [7, 11) is 0. The molecule has 0 saturated heterocycles. The summed E-state index contributed by atoms with van der Waals surface area (Å²) >= 11 is 0. The third-order valence-corrected chi connectivity index (χ3v) is 3.57. The van der Waals surface area contributed by atoms with Gasteiger partial charge in [0.15, 0.2) is 0 Å². The maximum atomic E-state index is 13.2. The molecule has 0 saturated carbocycles. The first-order valence-corrected chi connectivity index (χ1v) is 8.42. The van der Waals surface area contributed by atoms with Gasteiger partial charge in [0.05, 0.1) is 17.1 Å². The Morgan fingerprint density at radius 2 is 1.86 bits per heavy atom. The first-order chi connectivity index (χ1) is 13.1. The van der Waals surface area contributed by atoms with Gasteiger partial charge in [0.2, 0.25) is 0 Å². The molecule has 2 aromatic carbocycles. The summed E-state index contributed by atoms with van der Waals surface area (Å²) in [6, 6.07) is 7.78. The lowest BCUT2D eigenvalue weighted by atomic mass is 10.0. The number of nitro groups is 1. The fourth-order valence-electron chi connectivity index (χ4n) is 2.41. The normalized spacial score (nSPS) is 11.1. The molecule has 150 valence electrons. The predicted octanol–water partition coefficient (Wildman–Crippen LogP) is 4.68. The Morgan fingerprint density at radius 1 is 1.21 bits per heavy atom. The molecule has 9 heteroatoms. The average molecular weight is 392 g/mol. The molecule has 0 unspecified atom stereocenters. The van der Waals surface area contributed by atoms with E-state index in [-0.39, 0.29) is 30.3 Å². The highest BCUT2D eigenvalue weighted by molar-refractivity contribution is 5.89. The van der Waals surface area contributed by atoms with E-state index in [1.807, 2.05) is 26.1 Å². The summed E-state index contributed by atoms with van der Waals surface area (Å²) in [6.07, 6.45) is -1.44. The molecular formula is C19H21FN2O6. The largest absolute Gasteiger partial charge is 0.490 e. The van der Waals surface area contributed by atoms with Crippen LogP contribution in [0, 0.1) is 15.9 Å². The maximum Gasteiger partial charge on any atom is 0.409 e. The molecule has 0 spiro atoms. The molecule has 1 amide bonds. The van der Waals surface area contributed by atoms with Gasteiger partial charge in [-0.3, -0.25) is 15.4 Å². The number of nitrogens with zero attached hydrogens (tertiary/aromatic N) is 1. The minimum absolute atomic E-state index is 0.135. The number of ether oxygens (including phenoxy) is 2. The molecule has 0 atom stereocenters. The van der Waals surface area contributed by atoms with Crippen LogP contribution in [0.5, 0.6) is 5.75 Å². The van der Waals surface area contributed by atoms with Gasteiger partial charge in [0, 0.05) is 17.7 Å². The van der Waals surface area contributed by atoms with E-state index in [0.717, 1.165) is 0 Å². The second-order valence-electron chi connectivity index (χ2n) is 6.87. The number of halogens is 1. The topological polar surface area (TPSA) is 111 Å². The van der Waals surface area contributed by atoms with Gasteiger partial charge in [-0.1, -0.05) is 12.1 Å². The molecule has 2 aromatic rings. The van der Waals surface area contributed by atoms with Crippen LogP contribution in [-0.4, -0.2) is 34.9 Å². The van der Waals surface area contributed by atoms with Crippen molar-refractivity contribution < 1.29 is 28.7 Å². The van der Waals surface area contributed by atoms with Crippen LogP contribution in [0.4, 0.5) is 20.6 Å². The van der Waals surface area contributed by atoms with Crippen molar-refractivity contribution in [2.45, 2.75) is 26.4 Å². The number of hydrogen-bond donors (Lipinski definition) is 2. The summed E-state index contributed by atoms with van der Waals surface area (Å²) in [5.41, 5.74) is -0.221. The highest BCUT2D eigenvalue weighted by Crippen LogP contribution is 2.39. The van der Waals surface area contributed by atoms with Crippen LogP contribution in [-0.2, 0) is 4.74 Å². The number of benzene rings is 2. The number of nitro benzene ring substituents is 1. The minimum atomic E-state index is -1.44. The van der Waals surface area contributed by atoms with E-state index in [4.69, 9.17) is 14.6 Å². The fourth-order valence-corrected chi connectivity index (χ4v) is 2.41. The van der Waals surface area contributed by atoms with Crippen LogP contribution in [0.1, 0.15) is 20.8 Å². The Labute approximate surface area is 161 Å². The van der Waals surface area contributed by atoms with Gasteiger partial charge in [-0.05, 0) is 38.5 Å². The second-order valence-corrected chi connectivity index (χ2v) is 6.87. The van der Waals surface area contributed by atoms with Crippen LogP contribution in [0.3, 0.4) is 0 Å². The van der Waals surface area contributed by atoms with Gasteiger partial charge >= 0.3 is 6.09 Å². The van der Waals surface area contributed by atoms with E-state index >= 15 is 0 Å². The van der Waals surface area contributed by atoms with Crippen molar-refractivity contribution in [3.63, 3.8) is 0 Å². The smallest absolute Gasteiger partial charge is 0.409 e. The summed E-state index contributed by atoms with van der Waals surface area (Å²) < 4.78 is 24.5. The third kappa shape index (κ3) is 5.92. The van der Waals surface area contributed by atoms with Crippen molar-refractivity contribution in [2.24, 2.45) is 0 Å². The van der Waals surface area contributed by atoms with E-state index in [1.165, 1.54) is 36.4 Å². The summed E-state index contributed by atoms with van der Waals surface area (Å²) in [4.78, 5) is 21.7. The second kappa shape index (κ2) is 8.66. The molecule has 0 aromatic heterocycles. The Hall–Kier alpha value is -3.20. The molecular weight excluding hydrogens is 371 g/mol. The molecule has 8 nitrogen and oxygen atoms in total. The molecule has 0 aliphatic carbocycles. The summed E-state index contributed by atoms with van der Waals surface area (Å²) in [6.45, 7) is 6.05. The van der Waals surface area contributed by atoms with Crippen LogP contribution in [0.25, 0.3) is 11.1 Å². The number of nitrogens with one attached hydrogen (secondary N) is 1. The van der Waals surface area contributed by atoms with Crippen molar-refractivity contribution >= 4 is 17.5 Å². The number of anilines is 1. The zero-order valence-corrected chi connectivity index (χ0v) is 15.7. The molecule has 0 fully saturated rings. The molecule has 0 aliphatic heterocycles. The summed E-state index contributed by atoms with van der Waals surface area (Å²) in [5.74, 6) is -0.248. The quantitative estimate of drug-likeness (QED) is 0.402. The third-order valence-electron chi connectivity index (χ3n) is 3.57. The van der Waals surface area contributed by atoms with E-state index in [0.29, 0.717) is 11.1 Å². The van der Waals surface area contributed by atoms with Crippen molar-refractivity contribution in [1.82, 2.24) is 0 Å². The molecule has 0 aliphatic rings. The number of amides is 1. The molecule has 0 heterocycles. The van der Waals surface area contributed by atoms with Gasteiger partial charge in [-0.2, -0.15) is 0 Å². The monoisotopic (exact) mass is 392 g/mol. The zero-order valence-electron chi connectivity index (χ0n) is 15.7. The number of carbonyl (C=O) groups is 1. The Bertz CT molecular complexity index is 862. The fraction of sp³-hybridized carbons (Fsp3) is 0.316.